The first-order valence-corrected chi connectivity index (χ1v) is 7.66. The van der Waals surface area contributed by atoms with Crippen molar-refractivity contribution in [1.29, 1.82) is 0 Å². The van der Waals surface area contributed by atoms with Crippen molar-refractivity contribution in [3.63, 3.8) is 0 Å². The van der Waals surface area contributed by atoms with E-state index in [9.17, 15) is 5.11 Å². The normalized spacial score (nSPS) is 14.7. The second-order valence-electron chi connectivity index (χ2n) is 5.81. The number of nitrogens with two attached hydrogens (primary N) is 1. The van der Waals surface area contributed by atoms with Crippen molar-refractivity contribution in [2.75, 3.05) is 0 Å². The Balaban J connectivity index is 2.65. The van der Waals surface area contributed by atoms with Crippen LogP contribution in [0.5, 0.6) is 0 Å². The molecule has 2 nitrogen and oxygen atoms in total. The topological polar surface area (TPSA) is 46.2 Å². The molecule has 112 valence electrons. The second-order valence-corrected chi connectivity index (χ2v) is 5.81. The lowest BCUT2D eigenvalue weighted by atomic mass is 9.66. The van der Waals surface area contributed by atoms with E-state index in [1.54, 1.807) is 0 Å². The summed E-state index contributed by atoms with van der Waals surface area (Å²) in [6.07, 6.45) is 0.945. The minimum Gasteiger partial charge on any atom is -0.392 e. The van der Waals surface area contributed by atoms with Gasteiger partial charge in [-0.15, -0.1) is 0 Å². The Hall–Kier alpha value is -1.64. The van der Waals surface area contributed by atoms with E-state index in [1.807, 2.05) is 50.2 Å². The van der Waals surface area contributed by atoms with Crippen LogP contribution in [0, 0.1) is 0 Å². The summed E-state index contributed by atoms with van der Waals surface area (Å²) in [5.41, 5.74) is 7.94. The van der Waals surface area contributed by atoms with Gasteiger partial charge in [-0.25, -0.2) is 0 Å². The van der Waals surface area contributed by atoms with E-state index in [2.05, 4.69) is 24.3 Å². The fourth-order valence-electron chi connectivity index (χ4n) is 3.25. The molecule has 0 aliphatic carbocycles. The van der Waals surface area contributed by atoms with Crippen LogP contribution in [0.15, 0.2) is 60.7 Å². The van der Waals surface area contributed by atoms with E-state index in [1.165, 1.54) is 0 Å². The van der Waals surface area contributed by atoms with Gasteiger partial charge in [-0.05, 0) is 30.9 Å². The monoisotopic (exact) mass is 283 g/mol. The SMILES string of the molecule is CC[C@H](O)C(C[C@@H](C)N)(c1ccccc1)c1ccccc1. The lowest BCUT2D eigenvalue weighted by molar-refractivity contribution is 0.0891. The Morgan fingerprint density at radius 1 is 0.952 bits per heavy atom. The molecule has 21 heavy (non-hydrogen) atoms. The van der Waals surface area contributed by atoms with Gasteiger partial charge in [0.2, 0.25) is 0 Å². The predicted octanol–water partition coefficient (Wildman–Crippen LogP) is 3.48. The number of aliphatic hydroxyl groups is 1. The van der Waals surface area contributed by atoms with E-state index in [4.69, 9.17) is 5.73 Å². The average Bonchev–Trinajstić information content (AvgIpc) is 2.53. The van der Waals surface area contributed by atoms with Crippen LogP contribution in [0.1, 0.15) is 37.8 Å². The standard InChI is InChI=1S/C19H25NO/c1-3-18(21)19(14-15(2)20,16-10-6-4-7-11-16)17-12-8-5-9-13-17/h4-13,15,18,21H,3,14,20H2,1-2H3/t15-,18+/m1/s1. The molecule has 0 bridgehead atoms. The van der Waals surface area contributed by atoms with Crippen LogP contribution in [0.3, 0.4) is 0 Å². The van der Waals surface area contributed by atoms with Crippen molar-refractivity contribution < 1.29 is 5.11 Å². The minimum absolute atomic E-state index is 0.00612. The summed E-state index contributed by atoms with van der Waals surface area (Å²) < 4.78 is 0. The van der Waals surface area contributed by atoms with Gasteiger partial charge in [0.25, 0.3) is 0 Å². The highest BCUT2D eigenvalue weighted by atomic mass is 16.3. The summed E-state index contributed by atoms with van der Waals surface area (Å²) in [6, 6.07) is 20.5. The minimum atomic E-state index is -0.465. The lowest BCUT2D eigenvalue weighted by Gasteiger charge is -2.40. The quantitative estimate of drug-likeness (QED) is 0.852. The van der Waals surface area contributed by atoms with Crippen molar-refractivity contribution in [3.8, 4) is 0 Å². The van der Waals surface area contributed by atoms with Crippen LogP contribution in [0.25, 0.3) is 0 Å². The van der Waals surface area contributed by atoms with E-state index in [0.29, 0.717) is 6.42 Å². The molecule has 0 aromatic heterocycles. The Morgan fingerprint density at radius 3 is 1.71 bits per heavy atom. The fraction of sp³-hybridized carbons (Fsp3) is 0.368. The summed E-state index contributed by atoms with van der Waals surface area (Å²) in [7, 11) is 0. The third-order valence-corrected chi connectivity index (χ3v) is 4.18. The summed E-state index contributed by atoms with van der Waals surface area (Å²) in [4.78, 5) is 0. The summed E-state index contributed by atoms with van der Waals surface area (Å²) >= 11 is 0. The van der Waals surface area contributed by atoms with Crippen molar-refractivity contribution in [2.45, 2.75) is 44.2 Å². The van der Waals surface area contributed by atoms with Gasteiger partial charge in [-0.2, -0.15) is 0 Å². The molecule has 0 spiro atoms. The smallest absolute Gasteiger partial charge is 0.0675 e. The van der Waals surface area contributed by atoms with Gasteiger partial charge < -0.3 is 10.8 Å². The third kappa shape index (κ3) is 3.17. The Labute approximate surface area is 127 Å². The van der Waals surface area contributed by atoms with Crippen molar-refractivity contribution in [1.82, 2.24) is 0 Å². The molecule has 0 radical (unpaired) electrons. The van der Waals surface area contributed by atoms with Gasteiger partial charge in [0.05, 0.1) is 6.10 Å². The van der Waals surface area contributed by atoms with Gasteiger partial charge in [0.15, 0.2) is 0 Å². The highest BCUT2D eigenvalue weighted by Crippen LogP contribution is 2.40. The number of hydrogen-bond acceptors (Lipinski definition) is 2. The van der Waals surface area contributed by atoms with Crippen molar-refractivity contribution in [2.24, 2.45) is 5.73 Å². The first-order valence-electron chi connectivity index (χ1n) is 7.66. The Morgan fingerprint density at radius 2 is 1.38 bits per heavy atom. The number of hydrogen-bond donors (Lipinski definition) is 2. The van der Waals surface area contributed by atoms with Crippen LogP contribution in [-0.4, -0.2) is 17.3 Å². The summed E-state index contributed by atoms with van der Waals surface area (Å²) in [6.45, 7) is 4.02. The maximum absolute atomic E-state index is 10.9. The Kier molecular flexibility index (Phi) is 5.16. The van der Waals surface area contributed by atoms with Crippen LogP contribution in [-0.2, 0) is 5.41 Å². The molecular weight excluding hydrogens is 258 g/mol. The number of rotatable bonds is 6. The van der Waals surface area contributed by atoms with Gasteiger partial charge in [-0.1, -0.05) is 67.6 Å². The maximum Gasteiger partial charge on any atom is 0.0675 e. The molecule has 2 aromatic carbocycles. The van der Waals surface area contributed by atoms with Gasteiger partial charge in [-0.3, -0.25) is 0 Å². The first-order chi connectivity index (χ1) is 10.1. The molecule has 2 rings (SSSR count). The molecule has 0 saturated carbocycles. The highest BCUT2D eigenvalue weighted by Gasteiger charge is 2.40. The lowest BCUT2D eigenvalue weighted by Crippen LogP contribution is -2.44. The molecule has 2 heteroatoms. The molecule has 2 aromatic rings. The predicted molar refractivity (Wildman–Crippen MR) is 88.2 cm³/mol. The largest absolute Gasteiger partial charge is 0.392 e. The molecule has 0 aliphatic rings. The van der Waals surface area contributed by atoms with Crippen LogP contribution < -0.4 is 5.73 Å². The van der Waals surface area contributed by atoms with Gasteiger partial charge in [0.1, 0.15) is 0 Å². The highest BCUT2D eigenvalue weighted by molar-refractivity contribution is 5.41. The van der Waals surface area contributed by atoms with E-state index >= 15 is 0 Å². The van der Waals surface area contributed by atoms with Gasteiger partial charge in [0, 0.05) is 11.5 Å². The van der Waals surface area contributed by atoms with Crippen LogP contribution in [0.2, 0.25) is 0 Å². The van der Waals surface area contributed by atoms with Gasteiger partial charge >= 0.3 is 0 Å². The summed E-state index contributed by atoms with van der Waals surface area (Å²) in [5.74, 6) is 0. The molecule has 0 saturated heterocycles. The van der Waals surface area contributed by atoms with Crippen molar-refractivity contribution in [3.05, 3.63) is 71.8 Å². The van der Waals surface area contributed by atoms with E-state index in [0.717, 1.165) is 17.5 Å². The van der Waals surface area contributed by atoms with Crippen LogP contribution in [0.4, 0.5) is 0 Å². The zero-order chi connectivity index (χ0) is 15.3. The third-order valence-electron chi connectivity index (χ3n) is 4.18. The number of benzene rings is 2. The molecule has 2 atom stereocenters. The maximum atomic E-state index is 10.9. The zero-order valence-electron chi connectivity index (χ0n) is 12.9. The Bertz CT molecular complexity index is 497. The first kappa shape index (κ1) is 15.7. The van der Waals surface area contributed by atoms with Crippen LogP contribution >= 0.6 is 0 Å². The number of aliphatic hydroxyl groups excluding tert-OH is 1. The molecule has 0 fully saturated rings. The molecule has 0 heterocycles. The molecule has 0 aliphatic heterocycles. The molecule has 3 N–H and O–H groups in total. The fourth-order valence-corrected chi connectivity index (χ4v) is 3.25. The molecule has 0 unspecified atom stereocenters. The second kappa shape index (κ2) is 6.88. The zero-order valence-corrected chi connectivity index (χ0v) is 12.9. The summed E-state index contributed by atoms with van der Waals surface area (Å²) in [5, 5.41) is 10.9. The van der Waals surface area contributed by atoms with E-state index in [-0.39, 0.29) is 6.04 Å². The molecular formula is C19H25NO. The molecule has 0 amide bonds. The van der Waals surface area contributed by atoms with Crippen molar-refractivity contribution >= 4 is 0 Å². The van der Waals surface area contributed by atoms with E-state index < -0.39 is 11.5 Å². The average molecular weight is 283 g/mol.